The highest BCUT2D eigenvalue weighted by Crippen LogP contribution is 2.12. The molecule has 1 aliphatic rings. The van der Waals surface area contributed by atoms with Crippen molar-refractivity contribution in [2.24, 2.45) is 4.99 Å². The first-order valence-corrected chi connectivity index (χ1v) is 4.79. The van der Waals surface area contributed by atoms with Gasteiger partial charge in [0.25, 0.3) is 5.90 Å². The summed E-state index contributed by atoms with van der Waals surface area (Å²) >= 11 is 0. The fraction of sp³-hybridized carbons (Fsp3) is 0.273. The van der Waals surface area contributed by atoms with Gasteiger partial charge in [0.2, 0.25) is 0 Å². The molecule has 0 atom stereocenters. The highest BCUT2D eigenvalue weighted by molar-refractivity contribution is 6.40. The molecule has 4 heteroatoms. The predicted octanol–water partition coefficient (Wildman–Crippen LogP) is 1.08. The largest absolute Gasteiger partial charge is 0.472 e. The first-order valence-electron chi connectivity index (χ1n) is 4.79. The van der Waals surface area contributed by atoms with E-state index in [4.69, 9.17) is 4.74 Å². The van der Waals surface area contributed by atoms with Crippen LogP contribution in [0.15, 0.2) is 35.3 Å². The van der Waals surface area contributed by atoms with Crippen LogP contribution in [0.25, 0.3) is 0 Å². The van der Waals surface area contributed by atoms with Gasteiger partial charge in [-0.2, -0.15) is 0 Å². The van der Waals surface area contributed by atoms with Gasteiger partial charge in [-0.15, -0.1) is 0 Å². The SMILES string of the molecule is CN(C(=O)C1=NCCO1)c1ccccc1. The smallest absolute Gasteiger partial charge is 0.313 e. The van der Waals surface area contributed by atoms with Crippen LogP contribution in [0.3, 0.4) is 0 Å². The van der Waals surface area contributed by atoms with Crippen molar-refractivity contribution in [3.63, 3.8) is 0 Å². The molecule has 4 nitrogen and oxygen atoms in total. The third-order valence-electron chi connectivity index (χ3n) is 2.22. The monoisotopic (exact) mass is 204 g/mol. The molecule has 0 aliphatic carbocycles. The summed E-state index contributed by atoms with van der Waals surface area (Å²) in [7, 11) is 1.71. The molecule has 1 aromatic rings. The van der Waals surface area contributed by atoms with E-state index in [1.54, 1.807) is 7.05 Å². The first kappa shape index (κ1) is 9.71. The lowest BCUT2D eigenvalue weighted by atomic mass is 10.3. The number of carbonyl (C=O) groups excluding carboxylic acids is 1. The van der Waals surface area contributed by atoms with E-state index in [2.05, 4.69) is 4.99 Å². The Kier molecular flexibility index (Phi) is 2.67. The molecule has 0 bridgehead atoms. The lowest BCUT2D eigenvalue weighted by Gasteiger charge is -2.16. The van der Waals surface area contributed by atoms with E-state index in [1.165, 1.54) is 4.90 Å². The number of ether oxygens (including phenoxy) is 1. The van der Waals surface area contributed by atoms with Crippen LogP contribution < -0.4 is 4.90 Å². The lowest BCUT2D eigenvalue weighted by molar-refractivity contribution is -0.113. The summed E-state index contributed by atoms with van der Waals surface area (Å²) in [5.74, 6) is 0.0139. The van der Waals surface area contributed by atoms with Crippen LogP contribution in [0.4, 0.5) is 5.69 Å². The minimum atomic E-state index is -0.196. The van der Waals surface area contributed by atoms with E-state index >= 15 is 0 Å². The van der Waals surface area contributed by atoms with Crippen LogP contribution in [-0.2, 0) is 9.53 Å². The number of rotatable bonds is 2. The van der Waals surface area contributed by atoms with Gasteiger partial charge in [0, 0.05) is 12.7 Å². The van der Waals surface area contributed by atoms with Crippen LogP contribution in [0.5, 0.6) is 0 Å². The van der Waals surface area contributed by atoms with E-state index in [0.29, 0.717) is 13.2 Å². The molecule has 15 heavy (non-hydrogen) atoms. The summed E-state index contributed by atoms with van der Waals surface area (Å²) in [4.78, 5) is 17.3. The molecule has 78 valence electrons. The molecule has 1 aromatic carbocycles. The van der Waals surface area contributed by atoms with Crippen molar-refractivity contribution in [1.82, 2.24) is 0 Å². The number of nitrogens with zero attached hydrogens (tertiary/aromatic N) is 2. The molecule has 2 rings (SSSR count). The Morgan fingerprint density at radius 2 is 2.13 bits per heavy atom. The number of likely N-dealkylation sites (N-methyl/N-ethyl adjacent to an activating group) is 1. The molecular formula is C11H12N2O2. The zero-order chi connectivity index (χ0) is 10.7. The number of aliphatic imine (C=N–C) groups is 1. The van der Waals surface area contributed by atoms with E-state index in [0.717, 1.165) is 5.69 Å². The number of para-hydroxylation sites is 1. The Balaban J connectivity index is 2.14. The summed E-state index contributed by atoms with van der Waals surface area (Å²) in [6.07, 6.45) is 0. The number of benzene rings is 1. The summed E-state index contributed by atoms with van der Waals surface area (Å²) in [6.45, 7) is 1.08. The van der Waals surface area contributed by atoms with Gasteiger partial charge < -0.3 is 9.64 Å². The molecule has 0 unspecified atom stereocenters. The van der Waals surface area contributed by atoms with Gasteiger partial charge in [0.15, 0.2) is 0 Å². The highest BCUT2D eigenvalue weighted by atomic mass is 16.5. The van der Waals surface area contributed by atoms with Gasteiger partial charge >= 0.3 is 5.91 Å². The number of hydrogen-bond acceptors (Lipinski definition) is 3. The molecule has 1 aliphatic heterocycles. The van der Waals surface area contributed by atoms with E-state index in [-0.39, 0.29) is 11.8 Å². The maximum atomic E-state index is 11.8. The normalized spacial score (nSPS) is 14.3. The molecule has 0 N–H and O–H groups in total. The molecule has 0 radical (unpaired) electrons. The number of hydrogen-bond donors (Lipinski definition) is 0. The van der Waals surface area contributed by atoms with Gasteiger partial charge in [-0.1, -0.05) is 18.2 Å². The van der Waals surface area contributed by atoms with Crippen LogP contribution in [-0.4, -0.2) is 32.0 Å². The fourth-order valence-corrected chi connectivity index (χ4v) is 1.38. The van der Waals surface area contributed by atoms with E-state index in [9.17, 15) is 4.79 Å². The average Bonchev–Trinajstić information content (AvgIpc) is 2.82. The summed E-state index contributed by atoms with van der Waals surface area (Å²) < 4.78 is 5.12. The Bertz CT molecular complexity index is 387. The number of amides is 1. The molecule has 0 saturated heterocycles. The second-order valence-corrected chi connectivity index (χ2v) is 3.24. The quantitative estimate of drug-likeness (QED) is 0.723. The molecule has 1 heterocycles. The fourth-order valence-electron chi connectivity index (χ4n) is 1.38. The van der Waals surface area contributed by atoms with Crippen molar-refractivity contribution >= 4 is 17.5 Å². The molecule has 0 aromatic heterocycles. The van der Waals surface area contributed by atoms with Crippen LogP contribution >= 0.6 is 0 Å². The number of carbonyl (C=O) groups is 1. The Morgan fingerprint density at radius 1 is 1.40 bits per heavy atom. The first-order chi connectivity index (χ1) is 7.29. The molecular weight excluding hydrogens is 192 g/mol. The summed E-state index contributed by atoms with van der Waals surface area (Å²) in [6, 6.07) is 9.42. The van der Waals surface area contributed by atoms with Crippen molar-refractivity contribution in [3.05, 3.63) is 30.3 Å². The van der Waals surface area contributed by atoms with Crippen LogP contribution in [0.1, 0.15) is 0 Å². The molecule has 0 saturated carbocycles. The van der Waals surface area contributed by atoms with Crippen LogP contribution in [0.2, 0.25) is 0 Å². The van der Waals surface area contributed by atoms with Crippen LogP contribution in [0, 0.1) is 0 Å². The Labute approximate surface area is 88.2 Å². The van der Waals surface area contributed by atoms with Gasteiger partial charge in [-0.25, -0.2) is 4.99 Å². The van der Waals surface area contributed by atoms with Crippen molar-refractivity contribution in [1.29, 1.82) is 0 Å². The average molecular weight is 204 g/mol. The van der Waals surface area contributed by atoms with Crippen molar-refractivity contribution in [2.45, 2.75) is 0 Å². The van der Waals surface area contributed by atoms with Gasteiger partial charge in [0.05, 0.1) is 6.54 Å². The van der Waals surface area contributed by atoms with Gasteiger partial charge in [-0.05, 0) is 12.1 Å². The third kappa shape index (κ3) is 1.98. The van der Waals surface area contributed by atoms with E-state index < -0.39 is 0 Å². The zero-order valence-corrected chi connectivity index (χ0v) is 8.51. The molecule has 0 spiro atoms. The second kappa shape index (κ2) is 4.13. The van der Waals surface area contributed by atoms with Crippen molar-refractivity contribution in [3.8, 4) is 0 Å². The summed E-state index contributed by atoms with van der Waals surface area (Å²) in [5.41, 5.74) is 0.834. The van der Waals surface area contributed by atoms with Gasteiger partial charge in [-0.3, -0.25) is 4.79 Å². The molecule has 1 amide bonds. The maximum Gasteiger partial charge on any atom is 0.313 e. The minimum Gasteiger partial charge on any atom is -0.472 e. The van der Waals surface area contributed by atoms with Crippen molar-refractivity contribution < 1.29 is 9.53 Å². The zero-order valence-electron chi connectivity index (χ0n) is 8.51. The standard InChI is InChI=1S/C11H12N2O2/c1-13(9-5-3-2-4-6-9)11(14)10-12-7-8-15-10/h2-6H,7-8H2,1H3. The summed E-state index contributed by atoms with van der Waals surface area (Å²) in [5, 5.41) is 0. The number of anilines is 1. The van der Waals surface area contributed by atoms with Gasteiger partial charge in [0.1, 0.15) is 6.61 Å². The minimum absolute atomic E-state index is 0.196. The van der Waals surface area contributed by atoms with E-state index in [1.807, 2.05) is 30.3 Å². The Morgan fingerprint density at radius 3 is 2.73 bits per heavy atom. The maximum absolute atomic E-state index is 11.8. The topological polar surface area (TPSA) is 41.9 Å². The Hall–Kier alpha value is -1.84. The second-order valence-electron chi connectivity index (χ2n) is 3.24. The van der Waals surface area contributed by atoms with Crippen molar-refractivity contribution in [2.75, 3.05) is 25.1 Å². The lowest BCUT2D eigenvalue weighted by Crippen LogP contribution is -2.33. The highest BCUT2D eigenvalue weighted by Gasteiger charge is 2.21. The third-order valence-corrected chi connectivity index (χ3v) is 2.22. The molecule has 0 fully saturated rings. The predicted molar refractivity (Wildman–Crippen MR) is 58.1 cm³/mol.